The average molecular weight is 449 g/mol. The van der Waals surface area contributed by atoms with Crippen LogP contribution in [0.5, 0.6) is 0 Å². The maximum atomic E-state index is 13.0. The molecule has 1 saturated heterocycles. The van der Waals surface area contributed by atoms with Crippen LogP contribution in [0.2, 0.25) is 0 Å². The predicted octanol–water partition coefficient (Wildman–Crippen LogP) is 2.96. The van der Waals surface area contributed by atoms with Crippen LogP contribution in [-0.2, 0) is 21.2 Å². The van der Waals surface area contributed by atoms with E-state index in [4.69, 9.17) is 4.52 Å². The van der Waals surface area contributed by atoms with Gasteiger partial charge in [-0.2, -0.15) is 9.29 Å². The summed E-state index contributed by atoms with van der Waals surface area (Å²) in [5, 5.41) is 6.89. The summed E-state index contributed by atoms with van der Waals surface area (Å²) in [7, 11) is -3.54. The van der Waals surface area contributed by atoms with E-state index < -0.39 is 10.0 Å². The van der Waals surface area contributed by atoms with Gasteiger partial charge in [0.05, 0.1) is 4.90 Å². The highest BCUT2D eigenvalue weighted by molar-refractivity contribution is 7.89. The monoisotopic (exact) mass is 448 g/mol. The van der Waals surface area contributed by atoms with Crippen LogP contribution in [-0.4, -0.2) is 48.4 Å². The van der Waals surface area contributed by atoms with Crippen molar-refractivity contribution in [2.75, 3.05) is 19.6 Å². The number of nitrogens with zero attached hydrogens (tertiary/aromatic N) is 3. The molecule has 2 aromatic rings. The number of carbonyl (C=O) groups is 1. The number of aromatic nitrogens is 2. The zero-order valence-electron chi connectivity index (χ0n) is 18.7. The Kier molecular flexibility index (Phi) is 7.48. The first-order chi connectivity index (χ1) is 14.7. The highest BCUT2D eigenvalue weighted by Crippen LogP contribution is 2.26. The Morgan fingerprint density at radius 2 is 1.97 bits per heavy atom. The molecular formula is C22H32N4O4S. The van der Waals surface area contributed by atoms with E-state index in [1.165, 1.54) is 4.31 Å². The van der Waals surface area contributed by atoms with Gasteiger partial charge < -0.3 is 9.84 Å². The lowest BCUT2D eigenvalue weighted by atomic mass is 9.97. The molecule has 0 saturated carbocycles. The van der Waals surface area contributed by atoms with Gasteiger partial charge in [0, 0.05) is 37.9 Å². The molecular weight excluding hydrogens is 416 g/mol. The van der Waals surface area contributed by atoms with E-state index in [2.05, 4.69) is 15.5 Å². The summed E-state index contributed by atoms with van der Waals surface area (Å²) >= 11 is 0. The van der Waals surface area contributed by atoms with E-state index in [0.29, 0.717) is 61.9 Å². The highest BCUT2D eigenvalue weighted by Gasteiger charge is 2.32. The van der Waals surface area contributed by atoms with Crippen molar-refractivity contribution < 1.29 is 17.7 Å². The van der Waals surface area contributed by atoms with Crippen LogP contribution in [0.15, 0.2) is 27.6 Å². The molecule has 8 nitrogen and oxygen atoms in total. The second kappa shape index (κ2) is 9.91. The van der Waals surface area contributed by atoms with Crippen molar-refractivity contribution in [1.29, 1.82) is 0 Å². The van der Waals surface area contributed by atoms with Gasteiger partial charge in [-0.1, -0.05) is 36.7 Å². The fourth-order valence-electron chi connectivity index (χ4n) is 3.79. The SMILES string of the molecule is Cc1ccc(S(=O)(=O)N2CCC(C(=O)NCCCc3nc(C(C)C)no3)CC2)c(C)c1. The summed E-state index contributed by atoms with van der Waals surface area (Å²) in [5.74, 6) is 1.32. The molecule has 1 aliphatic rings. The van der Waals surface area contributed by atoms with Crippen molar-refractivity contribution in [3.8, 4) is 0 Å². The molecule has 1 N–H and O–H groups in total. The molecule has 0 unspecified atom stereocenters. The van der Waals surface area contributed by atoms with Gasteiger partial charge in [-0.25, -0.2) is 8.42 Å². The van der Waals surface area contributed by atoms with Crippen molar-refractivity contribution >= 4 is 15.9 Å². The maximum absolute atomic E-state index is 13.0. The minimum absolute atomic E-state index is 0.0167. The first-order valence-electron chi connectivity index (χ1n) is 10.9. The van der Waals surface area contributed by atoms with Gasteiger partial charge >= 0.3 is 0 Å². The Hall–Kier alpha value is -2.26. The number of carbonyl (C=O) groups excluding carboxylic acids is 1. The molecule has 2 heterocycles. The number of aryl methyl sites for hydroxylation is 3. The van der Waals surface area contributed by atoms with Crippen LogP contribution < -0.4 is 5.32 Å². The lowest BCUT2D eigenvalue weighted by Gasteiger charge is -2.31. The Morgan fingerprint density at radius 3 is 2.58 bits per heavy atom. The molecule has 1 amide bonds. The number of hydrogen-bond donors (Lipinski definition) is 1. The standard InChI is InChI=1S/C22H32N4O4S/c1-15(2)21-24-20(30-25-21)6-5-11-23-22(27)18-9-12-26(13-10-18)31(28,29)19-8-7-16(3)14-17(19)4/h7-8,14-15,18H,5-6,9-13H2,1-4H3,(H,23,27). The third-order valence-corrected chi connectivity index (χ3v) is 7.70. The highest BCUT2D eigenvalue weighted by atomic mass is 32.2. The van der Waals surface area contributed by atoms with Crippen molar-refractivity contribution in [1.82, 2.24) is 19.8 Å². The quantitative estimate of drug-likeness (QED) is 0.623. The number of hydrogen-bond acceptors (Lipinski definition) is 6. The van der Waals surface area contributed by atoms with Crippen molar-refractivity contribution in [2.24, 2.45) is 5.92 Å². The van der Waals surface area contributed by atoms with Crippen molar-refractivity contribution in [2.45, 2.75) is 64.2 Å². The van der Waals surface area contributed by atoms with Gasteiger partial charge in [0.2, 0.25) is 21.8 Å². The molecule has 1 fully saturated rings. The summed E-state index contributed by atoms with van der Waals surface area (Å²) in [4.78, 5) is 17.2. The molecule has 0 spiro atoms. The molecule has 9 heteroatoms. The molecule has 0 aliphatic carbocycles. The van der Waals surface area contributed by atoms with Crippen molar-refractivity contribution in [3.05, 3.63) is 41.0 Å². The van der Waals surface area contributed by atoms with Crippen LogP contribution >= 0.6 is 0 Å². The zero-order valence-corrected chi connectivity index (χ0v) is 19.5. The Balaban J connectivity index is 1.45. The zero-order chi connectivity index (χ0) is 22.6. The number of rotatable bonds is 8. The van der Waals surface area contributed by atoms with Crippen molar-refractivity contribution in [3.63, 3.8) is 0 Å². The molecule has 0 bridgehead atoms. The van der Waals surface area contributed by atoms with Gasteiger partial charge in [-0.05, 0) is 44.7 Å². The third kappa shape index (κ3) is 5.71. The molecule has 170 valence electrons. The number of piperidine rings is 1. The molecule has 1 aromatic heterocycles. The summed E-state index contributed by atoms with van der Waals surface area (Å²) < 4.78 is 32.7. The van der Waals surface area contributed by atoms with Crippen LogP contribution in [0.3, 0.4) is 0 Å². The second-order valence-electron chi connectivity index (χ2n) is 8.54. The van der Waals surface area contributed by atoms with Gasteiger partial charge in [0.15, 0.2) is 5.82 Å². The summed E-state index contributed by atoms with van der Waals surface area (Å²) in [6.07, 6.45) is 2.38. The molecule has 0 atom stereocenters. The lowest BCUT2D eigenvalue weighted by molar-refractivity contribution is -0.126. The topological polar surface area (TPSA) is 105 Å². The van der Waals surface area contributed by atoms with E-state index in [1.54, 1.807) is 6.07 Å². The van der Waals surface area contributed by atoms with Gasteiger partial charge in [-0.15, -0.1) is 0 Å². The lowest BCUT2D eigenvalue weighted by Crippen LogP contribution is -2.43. The molecule has 31 heavy (non-hydrogen) atoms. The van der Waals surface area contributed by atoms with Crippen LogP contribution in [0.4, 0.5) is 0 Å². The normalized spacial score (nSPS) is 16.0. The number of sulfonamides is 1. The number of nitrogens with one attached hydrogen (secondary N) is 1. The van der Waals surface area contributed by atoms with E-state index >= 15 is 0 Å². The first-order valence-corrected chi connectivity index (χ1v) is 12.3. The summed E-state index contributed by atoms with van der Waals surface area (Å²) in [5.41, 5.74) is 1.79. The molecule has 3 rings (SSSR count). The van der Waals surface area contributed by atoms with E-state index in [1.807, 2.05) is 39.8 Å². The Bertz CT molecular complexity index is 1010. The van der Waals surface area contributed by atoms with Crippen LogP contribution in [0.1, 0.15) is 61.9 Å². The summed E-state index contributed by atoms with van der Waals surface area (Å²) in [6, 6.07) is 5.37. The molecule has 1 aromatic carbocycles. The Morgan fingerprint density at radius 1 is 1.26 bits per heavy atom. The smallest absolute Gasteiger partial charge is 0.243 e. The van der Waals surface area contributed by atoms with Crippen LogP contribution in [0, 0.1) is 19.8 Å². The molecule has 1 aliphatic heterocycles. The fraction of sp³-hybridized carbons (Fsp3) is 0.591. The average Bonchev–Trinajstić information content (AvgIpc) is 3.20. The number of benzene rings is 1. The number of amides is 1. The minimum Gasteiger partial charge on any atom is -0.356 e. The molecule has 0 radical (unpaired) electrons. The van der Waals surface area contributed by atoms with E-state index in [0.717, 1.165) is 11.1 Å². The third-order valence-electron chi connectivity index (χ3n) is 5.64. The van der Waals surface area contributed by atoms with E-state index in [-0.39, 0.29) is 17.7 Å². The van der Waals surface area contributed by atoms with E-state index in [9.17, 15) is 13.2 Å². The largest absolute Gasteiger partial charge is 0.356 e. The fourth-order valence-corrected chi connectivity index (χ4v) is 5.46. The van der Waals surface area contributed by atoms with Gasteiger partial charge in [0.1, 0.15) is 0 Å². The minimum atomic E-state index is -3.54. The maximum Gasteiger partial charge on any atom is 0.243 e. The summed E-state index contributed by atoms with van der Waals surface area (Å²) in [6.45, 7) is 9.01. The Labute approximate surface area is 184 Å². The predicted molar refractivity (Wildman–Crippen MR) is 117 cm³/mol. The second-order valence-corrected chi connectivity index (χ2v) is 10.4. The van der Waals surface area contributed by atoms with Gasteiger partial charge in [0.25, 0.3) is 0 Å². The first kappa shape index (κ1) is 23.4. The van der Waals surface area contributed by atoms with Crippen LogP contribution in [0.25, 0.3) is 0 Å². The van der Waals surface area contributed by atoms with Gasteiger partial charge in [-0.3, -0.25) is 4.79 Å².